The van der Waals surface area contributed by atoms with E-state index in [2.05, 4.69) is 0 Å². The molecule has 0 bridgehead atoms. The van der Waals surface area contributed by atoms with Gasteiger partial charge in [-0.2, -0.15) is 0 Å². The van der Waals surface area contributed by atoms with Crippen LogP contribution < -0.4 is 0 Å². The molecule has 1 heterocycles. The highest BCUT2D eigenvalue weighted by Gasteiger charge is 2.43. The summed E-state index contributed by atoms with van der Waals surface area (Å²) in [5, 5.41) is 0. The molecule has 1 aliphatic carbocycles. The zero-order chi connectivity index (χ0) is 13.1. The Morgan fingerprint density at radius 3 is 2.63 bits per heavy atom. The van der Waals surface area contributed by atoms with E-state index >= 15 is 0 Å². The first kappa shape index (κ1) is 12.8. The van der Waals surface area contributed by atoms with Gasteiger partial charge in [0.25, 0.3) is 0 Å². The van der Waals surface area contributed by atoms with Gasteiger partial charge in [0.15, 0.2) is 5.79 Å². The van der Waals surface area contributed by atoms with Crippen LogP contribution >= 0.6 is 0 Å². The summed E-state index contributed by atoms with van der Waals surface area (Å²) in [6.45, 7) is 1.37. The quantitative estimate of drug-likeness (QED) is 0.784. The summed E-state index contributed by atoms with van der Waals surface area (Å²) in [4.78, 5) is 11.5. The van der Waals surface area contributed by atoms with Crippen molar-refractivity contribution in [3.8, 4) is 0 Å². The van der Waals surface area contributed by atoms with Gasteiger partial charge in [-0.3, -0.25) is 0 Å². The fraction of sp³-hybridized carbons (Fsp3) is 0.562. The third-order valence-electron chi connectivity index (χ3n) is 4.36. The van der Waals surface area contributed by atoms with Crippen LogP contribution in [0.5, 0.6) is 0 Å². The van der Waals surface area contributed by atoms with Gasteiger partial charge in [0.05, 0.1) is 13.2 Å². The standard InChI is InChI=1S/C16H20O3/c17-12-15(13-5-2-1-3-6-13)14-7-4-8-16(11-14)18-9-10-19-16/h1-3,5-6,12,14-15H,4,7-11H2. The predicted molar refractivity (Wildman–Crippen MR) is 71.8 cm³/mol. The molecule has 1 aromatic rings. The summed E-state index contributed by atoms with van der Waals surface area (Å²) in [7, 11) is 0. The summed E-state index contributed by atoms with van der Waals surface area (Å²) in [5.41, 5.74) is 1.11. The number of ether oxygens (including phenoxy) is 2. The van der Waals surface area contributed by atoms with Crippen LogP contribution in [0, 0.1) is 5.92 Å². The summed E-state index contributed by atoms with van der Waals surface area (Å²) in [6.07, 6.45) is 5.04. The van der Waals surface area contributed by atoms with Gasteiger partial charge in [-0.25, -0.2) is 0 Å². The van der Waals surface area contributed by atoms with Crippen molar-refractivity contribution in [3.05, 3.63) is 35.9 Å². The summed E-state index contributed by atoms with van der Waals surface area (Å²) < 4.78 is 11.6. The summed E-state index contributed by atoms with van der Waals surface area (Å²) >= 11 is 0. The Hall–Kier alpha value is -1.19. The Labute approximate surface area is 113 Å². The number of carbonyl (C=O) groups is 1. The van der Waals surface area contributed by atoms with Crippen molar-refractivity contribution in [2.75, 3.05) is 13.2 Å². The topological polar surface area (TPSA) is 35.5 Å². The van der Waals surface area contributed by atoms with Crippen LogP contribution in [0.1, 0.15) is 37.2 Å². The monoisotopic (exact) mass is 260 g/mol. The molecule has 102 valence electrons. The zero-order valence-electron chi connectivity index (χ0n) is 11.1. The Morgan fingerprint density at radius 2 is 1.95 bits per heavy atom. The van der Waals surface area contributed by atoms with E-state index < -0.39 is 5.79 Å². The number of benzene rings is 1. The van der Waals surface area contributed by atoms with E-state index in [4.69, 9.17) is 9.47 Å². The summed E-state index contributed by atoms with van der Waals surface area (Å²) in [5.74, 6) is -0.114. The Kier molecular flexibility index (Phi) is 3.67. The molecule has 3 rings (SSSR count). The smallest absolute Gasteiger partial charge is 0.168 e. The van der Waals surface area contributed by atoms with Crippen molar-refractivity contribution in [2.45, 2.75) is 37.4 Å². The van der Waals surface area contributed by atoms with E-state index in [1.165, 1.54) is 0 Å². The molecule has 0 aromatic heterocycles. The molecule has 1 aromatic carbocycles. The van der Waals surface area contributed by atoms with Crippen LogP contribution in [-0.4, -0.2) is 25.3 Å². The third-order valence-corrected chi connectivity index (χ3v) is 4.36. The number of aldehydes is 1. The SMILES string of the molecule is O=CC(c1ccccc1)C1CCCC2(C1)OCCO2. The lowest BCUT2D eigenvalue weighted by atomic mass is 9.75. The van der Waals surface area contributed by atoms with E-state index in [0.717, 1.165) is 37.5 Å². The van der Waals surface area contributed by atoms with E-state index in [9.17, 15) is 4.79 Å². The van der Waals surface area contributed by atoms with Crippen LogP contribution in [0.15, 0.2) is 30.3 Å². The molecule has 19 heavy (non-hydrogen) atoms. The van der Waals surface area contributed by atoms with Gasteiger partial charge >= 0.3 is 0 Å². The van der Waals surface area contributed by atoms with E-state index in [0.29, 0.717) is 19.1 Å². The largest absolute Gasteiger partial charge is 0.348 e. The lowest BCUT2D eigenvalue weighted by Gasteiger charge is -2.38. The molecule has 2 fully saturated rings. The van der Waals surface area contributed by atoms with Gasteiger partial charge in [-0.1, -0.05) is 30.3 Å². The Morgan fingerprint density at radius 1 is 1.21 bits per heavy atom. The molecular weight excluding hydrogens is 240 g/mol. The molecule has 2 unspecified atom stereocenters. The molecule has 2 aliphatic rings. The maximum absolute atomic E-state index is 11.5. The Balaban J connectivity index is 1.78. The average molecular weight is 260 g/mol. The molecule has 0 N–H and O–H groups in total. The van der Waals surface area contributed by atoms with Gasteiger partial charge in [-0.05, 0) is 24.3 Å². The maximum Gasteiger partial charge on any atom is 0.168 e. The van der Waals surface area contributed by atoms with Crippen LogP contribution in [0.25, 0.3) is 0 Å². The minimum Gasteiger partial charge on any atom is -0.348 e. The van der Waals surface area contributed by atoms with Crippen molar-refractivity contribution in [2.24, 2.45) is 5.92 Å². The van der Waals surface area contributed by atoms with Gasteiger partial charge in [0.2, 0.25) is 0 Å². The predicted octanol–water partition coefficient (Wildman–Crippen LogP) is 2.90. The van der Waals surface area contributed by atoms with Crippen molar-refractivity contribution in [1.29, 1.82) is 0 Å². The third kappa shape index (κ3) is 2.58. The second kappa shape index (κ2) is 5.43. The van der Waals surface area contributed by atoms with E-state index in [-0.39, 0.29) is 5.92 Å². The van der Waals surface area contributed by atoms with E-state index in [1.807, 2.05) is 30.3 Å². The maximum atomic E-state index is 11.5. The highest BCUT2D eigenvalue weighted by atomic mass is 16.7. The molecule has 1 aliphatic heterocycles. The first-order valence-corrected chi connectivity index (χ1v) is 7.11. The molecular formula is C16H20O3. The highest BCUT2D eigenvalue weighted by Crippen LogP contribution is 2.43. The lowest BCUT2D eigenvalue weighted by molar-refractivity contribution is -0.188. The first-order valence-electron chi connectivity index (χ1n) is 7.11. The van der Waals surface area contributed by atoms with Crippen molar-refractivity contribution < 1.29 is 14.3 Å². The molecule has 1 spiro atoms. The number of carbonyl (C=O) groups excluding carboxylic acids is 1. The normalized spacial score (nSPS) is 27.3. The molecule has 0 radical (unpaired) electrons. The second-order valence-electron chi connectivity index (χ2n) is 5.54. The van der Waals surface area contributed by atoms with E-state index in [1.54, 1.807) is 0 Å². The van der Waals surface area contributed by atoms with Crippen LogP contribution in [0.4, 0.5) is 0 Å². The number of hydrogen-bond acceptors (Lipinski definition) is 3. The highest BCUT2D eigenvalue weighted by molar-refractivity contribution is 5.62. The first-order chi connectivity index (χ1) is 9.33. The van der Waals surface area contributed by atoms with Crippen molar-refractivity contribution in [1.82, 2.24) is 0 Å². The summed E-state index contributed by atoms with van der Waals surface area (Å²) in [6, 6.07) is 10.0. The van der Waals surface area contributed by atoms with Crippen LogP contribution in [0.3, 0.4) is 0 Å². The molecule has 3 heteroatoms. The molecule has 1 saturated carbocycles. The second-order valence-corrected chi connectivity index (χ2v) is 5.54. The van der Waals surface area contributed by atoms with Crippen LogP contribution in [0.2, 0.25) is 0 Å². The molecule has 1 saturated heterocycles. The fourth-order valence-corrected chi connectivity index (χ4v) is 3.44. The van der Waals surface area contributed by atoms with Crippen LogP contribution in [-0.2, 0) is 14.3 Å². The fourth-order valence-electron chi connectivity index (χ4n) is 3.44. The molecule has 0 amide bonds. The number of hydrogen-bond donors (Lipinski definition) is 0. The van der Waals surface area contributed by atoms with Gasteiger partial charge < -0.3 is 14.3 Å². The minimum atomic E-state index is -0.404. The lowest BCUT2D eigenvalue weighted by Crippen LogP contribution is -2.38. The Bertz CT molecular complexity index is 423. The van der Waals surface area contributed by atoms with Crippen molar-refractivity contribution in [3.63, 3.8) is 0 Å². The zero-order valence-corrected chi connectivity index (χ0v) is 11.1. The molecule has 3 nitrogen and oxygen atoms in total. The minimum absolute atomic E-state index is 0.0359. The van der Waals surface area contributed by atoms with Crippen molar-refractivity contribution >= 4 is 6.29 Å². The van der Waals surface area contributed by atoms with Gasteiger partial charge in [0, 0.05) is 18.8 Å². The molecule has 2 atom stereocenters. The van der Waals surface area contributed by atoms with Gasteiger partial charge in [0.1, 0.15) is 6.29 Å². The average Bonchev–Trinajstić information content (AvgIpc) is 2.89. The van der Waals surface area contributed by atoms with Gasteiger partial charge in [-0.15, -0.1) is 0 Å². The number of rotatable bonds is 3.